The van der Waals surface area contributed by atoms with Crippen LogP contribution in [0.5, 0.6) is 0 Å². The first-order chi connectivity index (χ1) is 8.76. The van der Waals surface area contributed by atoms with Gasteiger partial charge in [0, 0.05) is 17.6 Å². The molecule has 0 saturated carbocycles. The Hall–Kier alpha value is -0.0900. The van der Waals surface area contributed by atoms with E-state index in [1.54, 1.807) is 0 Å². The van der Waals surface area contributed by atoms with E-state index in [9.17, 15) is 0 Å². The molecule has 1 aromatic carbocycles. The molecule has 19 heavy (non-hydrogen) atoms. The number of halogens is 2. The third kappa shape index (κ3) is 3.72. The van der Waals surface area contributed by atoms with Gasteiger partial charge in [0.15, 0.2) is 0 Å². The van der Waals surface area contributed by atoms with E-state index >= 15 is 0 Å². The highest BCUT2D eigenvalue weighted by Gasteiger charge is 2.38. The van der Waals surface area contributed by atoms with Gasteiger partial charge in [-0.25, -0.2) is 0 Å². The number of benzene rings is 1. The largest absolute Gasteiger partial charge is 0.317 e. The van der Waals surface area contributed by atoms with Crippen molar-refractivity contribution in [2.45, 2.75) is 25.8 Å². The van der Waals surface area contributed by atoms with E-state index in [1.165, 1.54) is 55.5 Å². The minimum atomic E-state index is 0. The van der Waals surface area contributed by atoms with Crippen molar-refractivity contribution >= 4 is 28.3 Å². The predicted molar refractivity (Wildman–Crippen MR) is 85.8 cm³/mol. The summed E-state index contributed by atoms with van der Waals surface area (Å²) >= 11 is 3.55. The summed E-state index contributed by atoms with van der Waals surface area (Å²) in [7, 11) is 0. The summed E-state index contributed by atoms with van der Waals surface area (Å²) in [5.41, 5.74) is 2.05. The molecule has 0 unspecified atom stereocenters. The smallest absolute Gasteiger partial charge is 0.0234 e. The maximum absolute atomic E-state index is 3.55. The van der Waals surface area contributed by atoms with Crippen LogP contribution in [0.2, 0.25) is 0 Å². The summed E-state index contributed by atoms with van der Waals surface area (Å²) in [6.07, 6.45) is 4.12. The molecule has 1 N–H and O–H groups in total. The van der Waals surface area contributed by atoms with E-state index in [1.807, 2.05) is 0 Å². The number of likely N-dealkylation sites (tertiary alicyclic amines) is 1. The quantitative estimate of drug-likeness (QED) is 0.883. The lowest BCUT2D eigenvalue weighted by Gasteiger charge is -2.33. The molecular weight excluding hydrogens is 324 g/mol. The monoisotopic (exact) mass is 344 g/mol. The van der Waals surface area contributed by atoms with Crippen molar-refractivity contribution in [3.05, 3.63) is 34.3 Å². The molecule has 2 saturated heterocycles. The molecule has 0 amide bonds. The third-order valence-corrected chi connectivity index (χ3v) is 4.97. The standard InChI is InChI=1S/C15H21BrN2.ClH/c16-14-3-1-2-13(10-14)11-18-9-6-15(12-18)4-7-17-8-5-15;/h1-3,10,17H,4-9,11-12H2;1H. The van der Waals surface area contributed by atoms with Crippen molar-refractivity contribution in [1.29, 1.82) is 0 Å². The molecule has 0 atom stereocenters. The van der Waals surface area contributed by atoms with E-state index in [2.05, 4.69) is 50.4 Å². The Kier molecular flexibility index (Phi) is 5.29. The number of hydrogen-bond acceptors (Lipinski definition) is 2. The molecule has 0 bridgehead atoms. The van der Waals surface area contributed by atoms with Gasteiger partial charge in [-0.05, 0) is 62.0 Å². The molecule has 3 rings (SSSR count). The van der Waals surface area contributed by atoms with E-state index in [0.717, 1.165) is 6.54 Å². The van der Waals surface area contributed by atoms with Crippen LogP contribution >= 0.6 is 28.3 Å². The Balaban J connectivity index is 0.00000133. The SMILES string of the molecule is Brc1cccc(CN2CCC3(CCNCC3)C2)c1.Cl. The molecule has 2 aliphatic heterocycles. The minimum absolute atomic E-state index is 0. The molecule has 4 heteroatoms. The molecule has 0 aliphatic carbocycles. The van der Waals surface area contributed by atoms with Crippen LogP contribution in [0, 0.1) is 5.41 Å². The summed E-state index contributed by atoms with van der Waals surface area (Å²) in [5, 5.41) is 3.48. The first kappa shape index (κ1) is 15.3. The molecule has 2 heterocycles. The van der Waals surface area contributed by atoms with Gasteiger partial charge < -0.3 is 5.32 Å². The van der Waals surface area contributed by atoms with Crippen LogP contribution in [0.3, 0.4) is 0 Å². The molecule has 2 nitrogen and oxygen atoms in total. The first-order valence-corrected chi connectivity index (χ1v) is 7.73. The van der Waals surface area contributed by atoms with Gasteiger partial charge >= 0.3 is 0 Å². The lowest BCUT2D eigenvalue weighted by atomic mass is 9.78. The lowest BCUT2D eigenvalue weighted by Crippen LogP contribution is -2.38. The van der Waals surface area contributed by atoms with E-state index < -0.39 is 0 Å². The van der Waals surface area contributed by atoms with Gasteiger partial charge in [0.25, 0.3) is 0 Å². The van der Waals surface area contributed by atoms with Crippen LogP contribution < -0.4 is 5.32 Å². The van der Waals surface area contributed by atoms with Gasteiger partial charge in [0.1, 0.15) is 0 Å². The highest BCUT2D eigenvalue weighted by Crippen LogP contribution is 2.39. The molecule has 2 fully saturated rings. The van der Waals surface area contributed by atoms with Gasteiger partial charge in [0.05, 0.1) is 0 Å². The molecular formula is C15H22BrClN2. The number of hydrogen-bond donors (Lipinski definition) is 1. The van der Waals surface area contributed by atoms with Gasteiger partial charge in [-0.2, -0.15) is 0 Å². The second-order valence-electron chi connectivity index (χ2n) is 5.84. The summed E-state index contributed by atoms with van der Waals surface area (Å²) < 4.78 is 1.19. The van der Waals surface area contributed by atoms with Crippen molar-refractivity contribution in [3.63, 3.8) is 0 Å². The zero-order valence-electron chi connectivity index (χ0n) is 11.2. The number of rotatable bonds is 2. The number of nitrogens with one attached hydrogen (secondary N) is 1. The third-order valence-electron chi connectivity index (χ3n) is 4.48. The van der Waals surface area contributed by atoms with Gasteiger partial charge in [-0.3, -0.25) is 4.90 Å². The second-order valence-corrected chi connectivity index (χ2v) is 6.76. The fourth-order valence-corrected chi connectivity index (χ4v) is 3.87. The average molecular weight is 346 g/mol. The Morgan fingerprint density at radius 3 is 2.74 bits per heavy atom. The van der Waals surface area contributed by atoms with Crippen LogP contribution in [0.4, 0.5) is 0 Å². The molecule has 2 aliphatic rings. The van der Waals surface area contributed by atoms with E-state index in [4.69, 9.17) is 0 Å². The Morgan fingerprint density at radius 1 is 1.21 bits per heavy atom. The lowest BCUT2D eigenvalue weighted by molar-refractivity contribution is 0.194. The zero-order chi connectivity index (χ0) is 12.4. The van der Waals surface area contributed by atoms with Gasteiger partial charge in [-0.1, -0.05) is 28.1 Å². The highest BCUT2D eigenvalue weighted by molar-refractivity contribution is 9.10. The fraction of sp³-hybridized carbons (Fsp3) is 0.600. The maximum Gasteiger partial charge on any atom is 0.0234 e. The Morgan fingerprint density at radius 2 is 2.00 bits per heavy atom. The first-order valence-electron chi connectivity index (χ1n) is 6.93. The van der Waals surface area contributed by atoms with Crippen LogP contribution in [-0.4, -0.2) is 31.1 Å². The van der Waals surface area contributed by atoms with Crippen molar-refractivity contribution in [1.82, 2.24) is 10.2 Å². The van der Waals surface area contributed by atoms with Crippen LogP contribution in [0.15, 0.2) is 28.7 Å². The van der Waals surface area contributed by atoms with Crippen molar-refractivity contribution in [2.24, 2.45) is 5.41 Å². The highest BCUT2D eigenvalue weighted by atomic mass is 79.9. The van der Waals surface area contributed by atoms with Crippen LogP contribution in [0.1, 0.15) is 24.8 Å². The van der Waals surface area contributed by atoms with Crippen LogP contribution in [0.25, 0.3) is 0 Å². The van der Waals surface area contributed by atoms with Gasteiger partial charge in [-0.15, -0.1) is 12.4 Å². The van der Waals surface area contributed by atoms with Gasteiger partial charge in [0.2, 0.25) is 0 Å². The minimum Gasteiger partial charge on any atom is -0.317 e. The molecule has 0 radical (unpaired) electrons. The maximum atomic E-state index is 3.55. The zero-order valence-corrected chi connectivity index (χ0v) is 13.6. The van der Waals surface area contributed by atoms with Crippen molar-refractivity contribution < 1.29 is 0 Å². The van der Waals surface area contributed by atoms with E-state index in [-0.39, 0.29) is 12.4 Å². The normalized spacial score (nSPS) is 22.4. The average Bonchev–Trinajstić information content (AvgIpc) is 2.73. The Labute approximate surface area is 130 Å². The topological polar surface area (TPSA) is 15.3 Å². The fourth-order valence-electron chi connectivity index (χ4n) is 3.42. The van der Waals surface area contributed by atoms with Crippen molar-refractivity contribution in [2.75, 3.05) is 26.2 Å². The molecule has 1 spiro atoms. The number of piperidine rings is 1. The predicted octanol–water partition coefficient (Wildman–Crippen LogP) is 3.45. The summed E-state index contributed by atoms with van der Waals surface area (Å²) in [4.78, 5) is 2.63. The molecule has 0 aromatic heterocycles. The Bertz CT molecular complexity index is 418. The van der Waals surface area contributed by atoms with Crippen LogP contribution in [-0.2, 0) is 6.54 Å². The molecule has 1 aromatic rings. The summed E-state index contributed by atoms with van der Waals surface area (Å²) in [6, 6.07) is 8.71. The van der Waals surface area contributed by atoms with Crippen molar-refractivity contribution in [3.8, 4) is 0 Å². The summed E-state index contributed by atoms with van der Waals surface area (Å²) in [5.74, 6) is 0. The van der Waals surface area contributed by atoms with E-state index in [0.29, 0.717) is 5.41 Å². The second kappa shape index (κ2) is 6.57. The number of nitrogens with zero attached hydrogens (tertiary/aromatic N) is 1. The molecule has 106 valence electrons. The summed E-state index contributed by atoms with van der Waals surface area (Å²) in [6.45, 7) is 6.10.